The van der Waals surface area contributed by atoms with Crippen molar-refractivity contribution in [1.29, 1.82) is 0 Å². The normalized spacial score (nSPS) is 12.1. The molecule has 0 saturated carbocycles. The Bertz CT molecular complexity index is 162. The highest BCUT2D eigenvalue weighted by Gasteiger charge is 2.26. The molecule has 78 valence electrons. The van der Waals surface area contributed by atoms with Gasteiger partial charge in [-0.3, -0.25) is 4.79 Å². The average molecular weight is 188 g/mol. The van der Waals surface area contributed by atoms with Crippen molar-refractivity contribution in [1.82, 2.24) is 0 Å². The van der Waals surface area contributed by atoms with Gasteiger partial charge in [-0.05, 0) is 26.2 Å². The molecular weight excluding hydrogens is 168 g/mol. The highest BCUT2D eigenvalue weighted by molar-refractivity contribution is 5.73. The van der Waals surface area contributed by atoms with Gasteiger partial charge >= 0.3 is 5.97 Å². The van der Waals surface area contributed by atoms with E-state index < -0.39 is 11.4 Å². The van der Waals surface area contributed by atoms with Crippen molar-refractivity contribution in [2.45, 2.75) is 34.1 Å². The molecule has 0 aromatic rings. The second kappa shape index (κ2) is 5.22. The van der Waals surface area contributed by atoms with Gasteiger partial charge in [0.25, 0.3) is 0 Å². The number of carbonyl (C=O) groups is 1. The SMILES string of the molecule is CC(C)COCCC(C)(C)C(=O)O. The summed E-state index contributed by atoms with van der Waals surface area (Å²) in [5, 5.41) is 8.79. The van der Waals surface area contributed by atoms with Crippen molar-refractivity contribution in [2.75, 3.05) is 13.2 Å². The molecule has 1 N–H and O–H groups in total. The molecule has 13 heavy (non-hydrogen) atoms. The number of rotatable bonds is 6. The van der Waals surface area contributed by atoms with Gasteiger partial charge < -0.3 is 9.84 Å². The van der Waals surface area contributed by atoms with Crippen LogP contribution in [0.4, 0.5) is 0 Å². The van der Waals surface area contributed by atoms with E-state index in [0.717, 1.165) is 0 Å². The smallest absolute Gasteiger partial charge is 0.309 e. The number of ether oxygens (including phenoxy) is 1. The topological polar surface area (TPSA) is 46.5 Å². The van der Waals surface area contributed by atoms with Crippen LogP contribution in [0, 0.1) is 11.3 Å². The fourth-order valence-electron chi connectivity index (χ4n) is 0.753. The predicted molar refractivity (Wildman–Crippen MR) is 51.7 cm³/mol. The van der Waals surface area contributed by atoms with E-state index in [-0.39, 0.29) is 0 Å². The molecule has 0 aromatic heterocycles. The Morgan fingerprint density at radius 1 is 1.46 bits per heavy atom. The van der Waals surface area contributed by atoms with Crippen LogP contribution in [0.15, 0.2) is 0 Å². The molecule has 0 fully saturated rings. The first-order chi connectivity index (χ1) is 5.86. The molecule has 0 rings (SSSR count). The van der Waals surface area contributed by atoms with Gasteiger partial charge in [0, 0.05) is 13.2 Å². The van der Waals surface area contributed by atoms with E-state index >= 15 is 0 Å². The molecular formula is C10H20O3. The summed E-state index contributed by atoms with van der Waals surface area (Å²) in [5.74, 6) is -0.256. The molecule has 0 saturated heterocycles. The van der Waals surface area contributed by atoms with E-state index in [0.29, 0.717) is 25.6 Å². The van der Waals surface area contributed by atoms with Gasteiger partial charge in [-0.15, -0.1) is 0 Å². The minimum Gasteiger partial charge on any atom is -0.481 e. The van der Waals surface area contributed by atoms with Crippen molar-refractivity contribution >= 4 is 5.97 Å². The second-order valence-corrected chi connectivity index (χ2v) is 4.41. The Hall–Kier alpha value is -0.570. The molecule has 0 radical (unpaired) electrons. The Balaban J connectivity index is 3.58. The fourth-order valence-corrected chi connectivity index (χ4v) is 0.753. The molecule has 3 heteroatoms. The molecule has 0 aliphatic rings. The molecule has 0 spiro atoms. The molecule has 0 unspecified atom stereocenters. The number of carboxylic acids is 1. The van der Waals surface area contributed by atoms with Crippen LogP contribution in [0.2, 0.25) is 0 Å². The second-order valence-electron chi connectivity index (χ2n) is 4.41. The van der Waals surface area contributed by atoms with Crippen LogP contribution in [-0.4, -0.2) is 24.3 Å². The van der Waals surface area contributed by atoms with Gasteiger partial charge in [0.05, 0.1) is 5.41 Å². The maximum atomic E-state index is 10.7. The average Bonchev–Trinajstić information content (AvgIpc) is 1.97. The zero-order chi connectivity index (χ0) is 10.5. The number of aliphatic carboxylic acids is 1. The Morgan fingerprint density at radius 2 is 2.00 bits per heavy atom. The lowest BCUT2D eigenvalue weighted by molar-refractivity contribution is -0.148. The molecule has 0 bridgehead atoms. The molecule has 0 amide bonds. The van der Waals surface area contributed by atoms with Crippen LogP contribution < -0.4 is 0 Å². The van der Waals surface area contributed by atoms with Crippen LogP contribution in [0.1, 0.15) is 34.1 Å². The van der Waals surface area contributed by atoms with Gasteiger partial charge in [0.2, 0.25) is 0 Å². The van der Waals surface area contributed by atoms with E-state index in [4.69, 9.17) is 9.84 Å². The molecule has 3 nitrogen and oxygen atoms in total. The van der Waals surface area contributed by atoms with Crippen molar-refractivity contribution in [3.8, 4) is 0 Å². The third kappa shape index (κ3) is 5.64. The fraction of sp³-hybridized carbons (Fsp3) is 0.900. The van der Waals surface area contributed by atoms with Crippen LogP contribution in [0.5, 0.6) is 0 Å². The summed E-state index contributed by atoms with van der Waals surface area (Å²) in [7, 11) is 0. The van der Waals surface area contributed by atoms with Crippen LogP contribution in [-0.2, 0) is 9.53 Å². The van der Waals surface area contributed by atoms with Gasteiger partial charge in [0.1, 0.15) is 0 Å². The van der Waals surface area contributed by atoms with Crippen molar-refractivity contribution in [2.24, 2.45) is 11.3 Å². The third-order valence-electron chi connectivity index (χ3n) is 1.90. The quantitative estimate of drug-likeness (QED) is 0.650. The maximum Gasteiger partial charge on any atom is 0.309 e. The predicted octanol–water partition coefficient (Wildman–Crippen LogP) is 2.16. The third-order valence-corrected chi connectivity index (χ3v) is 1.90. The van der Waals surface area contributed by atoms with E-state index in [1.807, 2.05) is 0 Å². The van der Waals surface area contributed by atoms with E-state index in [1.54, 1.807) is 13.8 Å². The summed E-state index contributed by atoms with van der Waals surface area (Å²) < 4.78 is 5.32. The number of carboxylic acid groups (broad SMARTS) is 1. The molecule has 0 aromatic carbocycles. The van der Waals surface area contributed by atoms with E-state index in [2.05, 4.69) is 13.8 Å². The summed E-state index contributed by atoms with van der Waals surface area (Å²) in [6.07, 6.45) is 0.565. The molecule has 0 aliphatic heterocycles. The lowest BCUT2D eigenvalue weighted by atomic mass is 9.90. The van der Waals surface area contributed by atoms with E-state index in [9.17, 15) is 4.79 Å². The van der Waals surface area contributed by atoms with Crippen molar-refractivity contribution < 1.29 is 14.6 Å². The van der Waals surface area contributed by atoms with Gasteiger partial charge in [0.15, 0.2) is 0 Å². The Morgan fingerprint density at radius 3 is 2.38 bits per heavy atom. The Kier molecular flexibility index (Phi) is 4.99. The number of hydrogen-bond donors (Lipinski definition) is 1. The zero-order valence-electron chi connectivity index (χ0n) is 8.96. The summed E-state index contributed by atoms with van der Waals surface area (Å²) in [4.78, 5) is 10.7. The summed E-state index contributed by atoms with van der Waals surface area (Å²) in [6, 6.07) is 0. The summed E-state index contributed by atoms with van der Waals surface area (Å²) in [5.41, 5.74) is -0.670. The molecule has 0 heterocycles. The highest BCUT2D eigenvalue weighted by atomic mass is 16.5. The highest BCUT2D eigenvalue weighted by Crippen LogP contribution is 2.20. The van der Waals surface area contributed by atoms with Gasteiger partial charge in [-0.1, -0.05) is 13.8 Å². The van der Waals surface area contributed by atoms with Gasteiger partial charge in [-0.2, -0.15) is 0 Å². The number of hydrogen-bond acceptors (Lipinski definition) is 2. The molecule has 0 atom stereocenters. The van der Waals surface area contributed by atoms with Crippen molar-refractivity contribution in [3.63, 3.8) is 0 Å². The zero-order valence-corrected chi connectivity index (χ0v) is 8.96. The van der Waals surface area contributed by atoms with Crippen molar-refractivity contribution in [3.05, 3.63) is 0 Å². The first kappa shape index (κ1) is 12.4. The maximum absolute atomic E-state index is 10.7. The largest absolute Gasteiger partial charge is 0.481 e. The lowest BCUT2D eigenvalue weighted by Gasteiger charge is -2.18. The van der Waals surface area contributed by atoms with Crippen LogP contribution in [0.3, 0.4) is 0 Å². The Labute approximate surface area is 80.1 Å². The minimum absolute atomic E-state index is 0.507. The first-order valence-electron chi connectivity index (χ1n) is 4.67. The first-order valence-corrected chi connectivity index (χ1v) is 4.67. The van der Waals surface area contributed by atoms with Crippen LogP contribution in [0.25, 0.3) is 0 Å². The molecule has 0 aliphatic carbocycles. The van der Waals surface area contributed by atoms with Gasteiger partial charge in [-0.25, -0.2) is 0 Å². The lowest BCUT2D eigenvalue weighted by Crippen LogP contribution is -2.25. The summed E-state index contributed by atoms with van der Waals surface area (Å²) >= 11 is 0. The summed E-state index contributed by atoms with van der Waals surface area (Å²) in [6.45, 7) is 8.81. The minimum atomic E-state index is -0.763. The van der Waals surface area contributed by atoms with E-state index in [1.165, 1.54) is 0 Å². The monoisotopic (exact) mass is 188 g/mol. The van der Waals surface area contributed by atoms with Crippen LogP contribution >= 0.6 is 0 Å². The standard InChI is InChI=1S/C10H20O3/c1-8(2)7-13-6-5-10(3,4)9(11)12/h8H,5-7H2,1-4H3,(H,11,12).